The summed E-state index contributed by atoms with van der Waals surface area (Å²) in [5, 5.41) is 9.20. The van der Waals surface area contributed by atoms with Gasteiger partial charge >= 0.3 is 12.0 Å². The van der Waals surface area contributed by atoms with Crippen LogP contribution in [0.1, 0.15) is 26.2 Å². The molecule has 2 aliphatic rings. The first-order chi connectivity index (χ1) is 8.97. The van der Waals surface area contributed by atoms with Gasteiger partial charge in [0.25, 0.3) is 0 Å². The molecule has 0 aromatic rings. The number of urea groups is 1. The minimum atomic E-state index is -0.780. The Balaban J connectivity index is 2.06. The monoisotopic (exact) mass is 270 g/mol. The van der Waals surface area contributed by atoms with Crippen molar-refractivity contribution in [2.75, 3.05) is 20.8 Å². The van der Waals surface area contributed by atoms with Crippen LogP contribution in [0.4, 0.5) is 4.79 Å². The number of ether oxygens (including phenoxy) is 1. The Morgan fingerprint density at radius 1 is 1.47 bits per heavy atom. The number of amides is 2. The molecule has 0 aliphatic carbocycles. The molecule has 2 saturated heterocycles. The Kier molecular flexibility index (Phi) is 3.99. The number of carbonyl (C=O) groups is 2. The lowest BCUT2D eigenvalue weighted by Gasteiger charge is -2.32. The Morgan fingerprint density at radius 2 is 2.16 bits per heavy atom. The van der Waals surface area contributed by atoms with Crippen molar-refractivity contribution in [2.45, 2.75) is 44.3 Å². The topological polar surface area (TPSA) is 70.1 Å². The average molecular weight is 270 g/mol. The molecule has 2 amide bonds. The normalized spacial score (nSPS) is 30.5. The van der Waals surface area contributed by atoms with Crippen LogP contribution in [-0.4, -0.2) is 65.8 Å². The van der Waals surface area contributed by atoms with Crippen molar-refractivity contribution in [1.29, 1.82) is 0 Å². The molecule has 2 rings (SSSR count). The van der Waals surface area contributed by atoms with Crippen LogP contribution in [0.3, 0.4) is 0 Å². The van der Waals surface area contributed by atoms with Gasteiger partial charge in [0.2, 0.25) is 0 Å². The second-order valence-corrected chi connectivity index (χ2v) is 5.58. The zero-order valence-corrected chi connectivity index (χ0v) is 11.7. The van der Waals surface area contributed by atoms with Gasteiger partial charge in [-0.05, 0) is 26.2 Å². The molecule has 1 N–H and O–H groups in total. The largest absolute Gasteiger partial charge is 0.481 e. The van der Waals surface area contributed by atoms with Gasteiger partial charge in [-0.15, -0.1) is 0 Å². The predicted molar refractivity (Wildman–Crippen MR) is 68.9 cm³/mol. The van der Waals surface area contributed by atoms with Crippen molar-refractivity contribution < 1.29 is 19.4 Å². The minimum Gasteiger partial charge on any atom is -0.481 e. The van der Waals surface area contributed by atoms with Crippen LogP contribution < -0.4 is 0 Å². The van der Waals surface area contributed by atoms with E-state index in [2.05, 4.69) is 0 Å². The third-order valence-electron chi connectivity index (χ3n) is 4.45. The molecule has 108 valence electrons. The number of rotatable bonds is 4. The first-order valence-electron chi connectivity index (χ1n) is 6.74. The summed E-state index contributed by atoms with van der Waals surface area (Å²) in [6, 6.07) is -0.121. The zero-order valence-electron chi connectivity index (χ0n) is 11.7. The molecule has 2 fully saturated rings. The molecule has 0 spiro atoms. The van der Waals surface area contributed by atoms with Crippen LogP contribution >= 0.6 is 0 Å². The highest BCUT2D eigenvalue weighted by Gasteiger charge is 2.52. The number of hydrogen-bond acceptors (Lipinski definition) is 3. The van der Waals surface area contributed by atoms with E-state index in [-0.39, 0.29) is 24.2 Å². The molecular formula is C13H22N2O4. The Hall–Kier alpha value is -1.30. The van der Waals surface area contributed by atoms with E-state index >= 15 is 0 Å². The van der Waals surface area contributed by atoms with E-state index in [1.165, 1.54) is 0 Å². The van der Waals surface area contributed by atoms with Crippen molar-refractivity contribution in [3.05, 3.63) is 0 Å². The number of carboxylic acids is 1. The summed E-state index contributed by atoms with van der Waals surface area (Å²) in [5.41, 5.74) is 0. The number of hydrogen-bond donors (Lipinski definition) is 1. The number of fused-ring (bicyclic) bond motifs is 2. The highest BCUT2D eigenvalue weighted by molar-refractivity contribution is 5.79. The molecule has 0 radical (unpaired) electrons. The lowest BCUT2D eigenvalue weighted by atomic mass is 9.89. The highest BCUT2D eigenvalue weighted by atomic mass is 16.5. The maximum atomic E-state index is 12.5. The van der Waals surface area contributed by atoms with E-state index in [0.29, 0.717) is 13.0 Å². The van der Waals surface area contributed by atoms with E-state index < -0.39 is 11.9 Å². The van der Waals surface area contributed by atoms with Crippen LogP contribution in [-0.2, 0) is 9.53 Å². The fourth-order valence-corrected chi connectivity index (χ4v) is 3.28. The second kappa shape index (κ2) is 5.36. The van der Waals surface area contributed by atoms with Gasteiger partial charge in [-0.1, -0.05) is 0 Å². The fraction of sp³-hybridized carbons (Fsp3) is 0.846. The minimum absolute atomic E-state index is 0.0132. The molecule has 0 aromatic heterocycles. The molecule has 4 atom stereocenters. The molecule has 2 heterocycles. The number of nitrogens with zero attached hydrogens (tertiary/aromatic N) is 2. The summed E-state index contributed by atoms with van der Waals surface area (Å²) in [5.74, 6) is -1.17. The summed E-state index contributed by atoms with van der Waals surface area (Å²) >= 11 is 0. The smallest absolute Gasteiger partial charge is 0.320 e. The SMILES string of the molecule is COCC(C)N(C)C(=O)N1C2CCC1C(C(=O)O)C2. The third-order valence-corrected chi connectivity index (χ3v) is 4.45. The molecule has 4 unspecified atom stereocenters. The number of carboxylic acid groups (broad SMARTS) is 1. The number of carbonyl (C=O) groups excluding carboxylic acids is 1. The molecule has 2 bridgehead atoms. The quantitative estimate of drug-likeness (QED) is 0.827. The molecule has 19 heavy (non-hydrogen) atoms. The van der Waals surface area contributed by atoms with Crippen LogP contribution in [0.2, 0.25) is 0 Å². The van der Waals surface area contributed by atoms with Gasteiger partial charge in [0, 0.05) is 26.2 Å². The molecular weight excluding hydrogens is 248 g/mol. The van der Waals surface area contributed by atoms with Crippen LogP contribution in [0.25, 0.3) is 0 Å². The fourth-order valence-electron chi connectivity index (χ4n) is 3.28. The Bertz CT molecular complexity index is 374. The number of likely N-dealkylation sites (N-methyl/N-ethyl adjacent to an activating group) is 1. The van der Waals surface area contributed by atoms with E-state index in [4.69, 9.17) is 4.74 Å². The van der Waals surface area contributed by atoms with E-state index in [1.807, 2.05) is 6.92 Å². The van der Waals surface area contributed by atoms with Gasteiger partial charge in [-0.3, -0.25) is 4.79 Å². The predicted octanol–water partition coefficient (Wildman–Crippen LogP) is 1.01. The summed E-state index contributed by atoms with van der Waals surface area (Å²) < 4.78 is 5.06. The zero-order chi connectivity index (χ0) is 14.2. The molecule has 2 aliphatic heterocycles. The average Bonchev–Trinajstić information content (AvgIpc) is 2.94. The summed E-state index contributed by atoms with van der Waals surface area (Å²) in [7, 11) is 3.36. The lowest BCUT2D eigenvalue weighted by Crippen LogP contribution is -2.49. The summed E-state index contributed by atoms with van der Waals surface area (Å²) in [6.45, 7) is 2.40. The highest BCUT2D eigenvalue weighted by Crippen LogP contribution is 2.42. The van der Waals surface area contributed by atoms with Crippen molar-refractivity contribution in [3.63, 3.8) is 0 Å². The van der Waals surface area contributed by atoms with Gasteiger partial charge in [0.05, 0.1) is 18.6 Å². The summed E-state index contributed by atoms with van der Waals surface area (Å²) in [6.07, 6.45) is 2.32. The number of aliphatic carboxylic acids is 1. The van der Waals surface area contributed by atoms with Crippen molar-refractivity contribution >= 4 is 12.0 Å². The first kappa shape index (κ1) is 14.1. The van der Waals surface area contributed by atoms with Crippen molar-refractivity contribution in [3.8, 4) is 0 Å². The maximum Gasteiger partial charge on any atom is 0.320 e. The Labute approximate surface area is 113 Å². The van der Waals surface area contributed by atoms with E-state index in [1.54, 1.807) is 24.0 Å². The van der Waals surface area contributed by atoms with Crippen molar-refractivity contribution in [2.24, 2.45) is 5.92 Å². The van der Waals surface area contributed by atoms with Gasteiger partial charge in [-0.2, -0.15) is 0 Å². The Morgan fingerprint density at radius 3 is 2.68 bits per heavy atom. The first-order valence-corrected chi connectivity index (χ1v) is 6.74. The van der Waals surface area contributed by atoms with Gasteiger partial charge in [0.1, 0.15) is 0 Å². The van der Waals surface area contributed by atoms with Gasteiger partial charge in [-0.25, -0.2) is 4.79 Å². The van der Waals surface area contributed by atoms with Crippen LogP contribution in [0.15, 0.2) is 0 Å². The van der Waals surface area contributed by atoms with Gasteiger partial charge < -0.3 is 19.6 Å². The van der Waals surface area contributed by atoms with Crippen LogP contribution in [0, 0.1) is 5.92 Å². The van der Waals surface area contributed by atoms with E-state index in [0.717, 1.165) is 12.8 Å². The van der Waals surface area contributed by atoms with Gasteiger partial charge in [0.15, 0.2) is 0 Å². The molecule has 0 saturated carbocycles. The van der Waals surface area contributed by atoms with Crippen molar-refractivity contribution in [1.82, 2.24) is 9.80 Å². The van der Waals surface area contributed by atoms with E-state index in [9.17, 15) is 14.7 Å². The number of methoxy groups -OCH3 is 1. The lowest BCUT2D eigenvalue weighted by molar-refractivity contribution is -0.142. The third kappa shape index (κ3) is 2.41. The molecule has 0 aromatic carbocycles. The second-order valence-electron chi connectivity index (χ2n) is 5.58. The summed E-state index contributed by atoms with van der Waals surface area (Å²) in [4.78, 5) is 27.1. The molecule has 6 nitrogen and oxygen atoms in total. The standard InChI is InChI=1S/C13H22N2O4/c1-8(7-19-3)14(2)13(18)15-9-4-5-11(15)10(6-9)12(16)17/h8-11H,4-7H2,1-3H3,(H,16,17). The maximum absolute atomic E-state index is 12.5. The van der Waals surface area contributed by atoms with Crippen LogP contribution in [0.5, 0.6) is 0 Å². The molecule has 6 heteroatoms.